The normalized spacial score (nSPS) is 14.4. The Kier molecular flexibility index (Phi) is 5.44. The molecule has 30 heavy (non-hydrogen) atoms. The summed E-state index contributed by atoms with van der Waals surface area (Å²) in [6.07, 6.45) is 0. The topological polar surface area (TPSA) is 65.8 Å². The molecule has 1 aromatic heterocycles. The largest absolute Gasteiger partial charge is 0.449 e. The first-order valence-electron chi connectivity index (χ1n) is 10.1. The van der Waals surface area contributed by atoms with Crippen molar-refractivity contribution in [2.75, 3.05) is 36.4 Å². The maximum Gasteiger partial charge on any atom is 0.291 e. The zero-order chi connectivity index (χ0) is 21.3. The second-order valence-corrected chi connectivity index (χ2v) is 7.70. The summed E-state index contributed by atoms with van der Waals surface area (Å²) in [6, 6.07) is 13.6. The average Bonchev–Trinajstić information content (AvgIpc) is 3.12. The van der Waals surface area contributed by atoms with Gasteiger partial charge in [0.25, 0.3) is 5.91 Å². The van der Waals surface area contributed by atoms with E-state index in [0.717, 1.165) is 5.69 Å². The van der Waals surface area contributed by atoms with Crippen LogP contribution in [0.1, 0.15) is 24.4 Å². The second kappa shape index (κ2) is 8.18. The van der Waals surface area contributed by atoms with Crippen molar-refractivity contribution in [3.05, 3.63) is 60.1 Å². The molecule has 6 nitrogen and oxygen atoms in total. The lowest BCUT2D eigenvalue weighted by atomic mass is 10.1. The van der Waals surface area contributed by atoms with Gasteiger partial charge in [0, 0.05) is 43.2 Å². The Morgan fingerprint density at radius 1 is 1.00 bits per heavy atom. The molecule has 1 aliphatic heterocycles. The molecule has 1 fully saturated rings. The molecule has 0 radical (unpaired) electrons. The van der Waals surface area contributed by atoms with Crippen LogP contribution < -0.4 is 10.2 Å². The van der Waals surface area contributed by atoms with Crippen molar-refractivity contribution in [1.82, 2.24) is 4.90 Å². The van der Waals surface area contributed by atoms with E-state index < -0.39 is 0 Å². The third kappa shape index (κ3) is 3.87. The number of nitrogens with zero attached hydrogens (tertiary/aromatic N) is 2. The number of carbonyl (C=O) groups excluding carboxylic acids is 2. The van der Waals surface area contributed by atoms with Crippen molar-refractivity contribution in [1.29, 1.82) is 0 Å². The molecule has 1 saturated heterocycles. The number of amides is 2. The number of nitrogens with one attached hydrogen (secondary N) is 1. The van der Waals surface area contributed by atoms with Crippen LogP contribution >= 0.6 is 0 Å². The van der Waals surface area contributed by atoms with E-state index >= 15 is 0 Å². The minimum atomic E-state index is -0.270. The number of anilines is 2. The number of fused-ring (bicyclic) bond motifs is 1. The third-order valence-electron chi connectivity index (χ3n) is 5.32. The maximum atomic E-state index is 13.2. The third-order valence-corrected chi connectivity index (χ3v) is 5.32. The van der Waals surface area contributed by atoms with Gasteiger partial charge < -0.3 is 19.5 Å². The zero-order valence-electron chi connectivity index (χ0n) is 17.0. The number of carbonyl (C=O) groups is 2. The molecule has 7 heteroatoms. The molecule has 0 bridgehead atoms. The molecule has 4 rings (SSSR count). The lowest BCUT2D eigenvalue weighted by Gasteiger charge is -2.35. The fraction of sp³-hybridized carbons (Fsp3) is 0.304. The number of benzene rings is 2. The van der Waals surface area contributed by atoms with Crippen molar-refractivity contribution in [3.8, 4) is 0 Å². The number of hydrogen-bond acceptors (Lipinski definition) is 4. The Bertz CT molecular complexity index is 1070. The predicted molar refractivity (Wildman–Crippen MR) is 114 cm³/mol. The molecule has 2 heterocycles. The number of halogens is 1. The van der Waals surface area contributed by atoms with Gasteiger partial charge in [0.15, 0.2) is 0 Å². The highest BCUT2D eigenvalue weighted by atomic mass is 19.1. The van der Waals surface area contributed by atoms with Crippen molar-refractivity contribution in [3.63, 3.8) is 0 Å². The van der Waals surface area contributed by atoms with Gasteiger partial charge in [0.2, 0.25) is 11.7 Å². The average molecular weight is 409 g/mol. The van der Waals surface area contributed by atoms with Gasteiger partial charge in [-0.1, -0.05) is 26.0 Å². The van der Waals surface area contributed by atoms with Crippen molar-refractivity contribution >= 4 is 34.2 Å². The zero-order valence-corrected chi connectivity index (χ0v) is 17.0. The van der Waals surface area contributed by atoms with Gasteiger partial charge in [0.05, 0.1) is 0 Å². The van der Waals surface area contributed by atoms with Gasteiger partial charge in [-0.05, 0) is 36.4 Å². The van der Waals surface area contributed by atoms with Crippen molar-refractivity contribution in [2.45, 2.75) is 13.8 Å². The molecular formula is C23H24FN3O3. The Morgan fingerprint density at radius 3 is 2.33 bits per heavy atom. The van der Waals surface area contributed by atoms with Crippen LogP contribution in [0, 0.1) is 11.7 Å². The summed E-state index contributed by atoms with van der Waals surface area (Å²) in [4.78, 5) is 29.4. The minimum Gasteiger partial charge on any atom is -0.449 e. The van der Waals surface area contributed by atoms with Crippen LogP contribution in [0.4, 0.5) is 15.8 Å². The smallest absolute Gasteiger partial charge is 0.291 e. The van der Waals surface area contributed by atoms with Crippen LogP contribution in [0.2, 0.25) is 0 Å². The van der Waals surface area contributed by atoms with Crippen LogP contribution in [0.5, 0.6) is 0 Å². The summed E-state index contributed by atoms with van der Waals surface area (Å²) in [6.45, 7) is 5.87. The molecule has 2 aromatic carbocycles. The van der Waals surface area contributed by atoms with Gasteiger partial charge in [0.1, 0.15) is 17.1 Å². The van der Waals surface area contributed by atoms with Crippen molar-refractivity contribution in [2.24, 2.45) is 5.92 Å². The van der Waals surface area contributed by atoms with E-state index in [4.69, 9.17) is 4.42 Å². The minimum absolute atomic E-state index is 0.153. The van der Waals surface area contributed by atoms with Crippen LogP contribution in [-0.4, -0.2) is 42.9 Å². The summed E-state index contributed by atoms with van der Waals surface area (Å²) in [5, 5.41) is 3.57. The highest BCUT2D eigenvalue weighted by Gasteiger charge is 2.29. The lowest BCUT2D eigenvalue weighted by Crippen LogP contribution is -2.48. The summed E-state index contributed by atoms with van der Waals surface area (Å²) in [5.41, 5.74) is 1.91. The summed E-state index contributed by atoms with van der Waals surface area (Å²) in [5.74, 6) is -0.754. The van der Waals surface area contributed by atoms with Gasteiger partial charge >= 0.3 is 0 Å². The van der Waals surface area contributed by atoms with E-state index in [1.807, 2.05) is 18.2 Å². The maximum absolute atomic E-state index is 13.2. The number of rotatable bonds is 4. The molecule has 3 aromatic rings. The van der Waals surface area contributed by atoms with E-state index in [1.54, 1.807) is 36.9 Å². The van der Waals surface area contributed by atoms with Crippen molar-refractivity contribution < 1.29 is 18.4 Å². The Balaban J connectivity index is 1.55. The first-order chi connectivity index (χ1) is 14.4. The van der Waals surface area contributed by atoms with Crippen LogP contribution in [0.15, 0.2) is 52.9 Å². The molecule has 0 unspecified atom stereocenters. The lowest BCUT2D eigenvalue weighted by molar-refractivity contribution is -0.118. The van der Waals surface area contributed by atoms with E-state index in [9.17, 15) is 14.0 Å². The molecule has 0 aliphatic carbocycles. The monoisotopic (exact) mass is 409 g/mol. The molecule has 2 amide bonds. The first-order valence-corrected chi connectivity index (χ1v) is 10.1. The van der Waals surface area contributed by atoms with E-state index in [-0.39, 0.29) is 29.3 Å². The summed E-state index contributed by atoms with van der Waals surface area (Å²) in [7, 11) is 0. The predicted octanol–water partition coefficient (Wildman–Crippen LogP) is 4.13. The fourth-order valence-corrected chi connectivity index (χ4v) is 3.55. The number of para-hydroxylation sites is 1. The highest BCUT2D eigenvalue weighted by molar-refractivity contribution is 6.11. The SMILES string of the molecule is CC(C)C(=O)Nc1c(C(=O)N2CCN(c3ccc(F)cc3)CC2)oc2ccccc12. The molecular weight excluding hydrogens is 385 g/mol. The highest BCUT2D eigenvalue weighted by Crippen LogP contribution is 2.32. The van der Waals surface area contributed by atoms with Gasteiger partial charge in [-0.2, -0.15) is 0 Å². The summed E-state index contributed by atoms with van der Waals surface area (Å²) < 4.78 is 19.0. The molecule has 156 valence electrons. The quantitative estimate of drug-likeness (QED) is 0.704. The van der Waals surface area contributed by atoms with Crippen LogP contribution in [0.25, 0.3) is 11.0 Å². The Labute approximate surface area is 174 Å². The molecule has 0 atom stereocenters. The molecule has 1 aliphatic rings. The van der Waals surface area contributed by atoms with Gasteiger partial charge in [-0.3, -0.25) is 9.59 Å². The molecule has 1 N–H and O–H groups in total. The Morgan fingerprint density at radius 2 is 1.67 bits per heavy atom. The number of hydrogen-bond donors (Lipinski definition) is 1. The summed E-state index contributed by atoms with van der Waals surface area (Å²) >= 11 is 0. The standard InChI is InChI=1S/C23H24FN3O3/c1-15(2)22(28)25-20-18-5-3-4-6-19(18)30-21(20)23(29)27-13-11-26(12-14-27)17-9-7-16(24)8-10-17/h3-10,15H,11-14H2,1-2H3,(H,25,28). The van der Waals surface area contributed by atoms with E-state index in [1.165, 1.54) is 12.1 Å². The second-order valence-electron chi connectivity index (χ2n) is 7.70. The fourth-order valence-electron chi connectivity index (χ4n) is 3.55. The number of piperazine rings is 1. The van der Waals surface area contributed by atoms with E-state index in [2.05, 4.69) is 10.2 Å². The molecule has 0 saturated carbocycles. The van der Waals surface area contributed by atoms with Crippen LogP contribution in [-0.2, 0) is 4.79 Å². The van der Waals surface area contributed by atoms with Gasteiger partial charge in [-0.15, -0.1) is 0 Å². The number of furan rings is 1. The first kappa shape index (κ1) is 19.9. The Hall–Kier alpha value is -3.35. The molecule has 0 spiro atoms. The van der Waals surface area contributed by atoms with E-state index in [0.29, 0.717) is 42.8 Å². The van der Waals surface area contributed by atoms with Gasteiger partial charge in [-0.25, -0.2) is 4.39 Å². The van der Waals surface area contributed by atoms with Crippen LogP contribution in [0.3, 0.4) is 0 Å².